The van der Waals surface area contributed by atoms with Gasteiger partial charge < -0.3 is 33.0 Å². The molecule has 0 N–H and O–H groups in total. The van der Waals surface area contributed by atoms with E-state index in [2.05, 4.69) is 17.6 Å². The van der Waals surface area contributed by atoms with Gasteiger partial charge in [0.2, 0.25) is 0 Å². The minimum Gasteiger partial charge on any atom is -0.464 e. The molecule has 2 rings (SSSR count). The van der Waals surface area contributed by atoms with E-state index in [1.165, 1.54) is 0 Å². The summed E-state index contributed by atoms with van der Waals surface area (Å²) < 4.78 is 33.7. The van der Waals surface area contributed by atoms with E-state index in [1.807, 2.05) is 17.7 Å². The molecule has 25 heavy (non-hydrogen) atoms. The highest BCUT2D eigenvalue weighted by Crippen LogP contribution is 2.33. The first-order chi connectivity index (χ1) is 12.2. The molecular formula is C16H24N2O6S. The normalized spacial score (nSPS) is 11.2. The largest absolute Gasteiger partial charge is 0.464 e. The quantitative estimate of drug-likeness (QED) is 0.346. The lowest BCUT2D eigenvalue weighted by molar-refractivity contribution is -0.0206. The van der Waals surface area contributed by atoms with Crippen molar-refractivity contribution in [1.82, 2.24) is 9.55 Å². The molecule has 2 aromatic rings. The van der Waals surface area contributed by atoms with E-state index < -0.39 is 0 Å². The number of benzene rings is 1. The number of thiol groups is 1. The Bertz CT molecular complexity index is 664. The fraction of sp³-hybridized carbons (Fsp3) is 0.562. The average molecular weight is 372 g/mol. The van der Waals surface area contributed by atoms with Gasteiger partial charge in [0.1, 0.15) is 0 Å². The van der Waals surface area contributed by atoms with Crippen LogP contribution in [-0.4, -0.2) is 63.8 Å². The third-order valence-electron chi connectivity index (χ3n) is 3.38. The zero-order valence-corrected chi connectivity index (χ0v) is 15.6. The third-order valence-corrected chi connectivity index (χ3v) is 3.78. The zero-order chi connectivity index (χ0) is 18.1. The first kappa shape index (κ1) is 19.8. The number of aromatic nitrogens is 2. The molecule has 0 aliphatic rings. The van der Waals surface area contributed by atoms with Crippen molar-refractivity contribution in [3.05, 3.63) is 12.1 Å². The van der Waals surface area contributed by atoms with Crippen molar-refractivity contribution in [2.45, 2.75) is 5.16 Å². The van der Waals surface area contributed by atoms with Crippen LogP contribution in [0.1, 0.15) is 0 Å². The van der Waals surface area contributed by atoms with Crippen molar-refractivity contribution >= 4 is 23.7 Å². The van der Waals surface area contributed by atoms with Crippen LogP contribution in [-0.2, 0) is 26.0 Å². The second-order valence-corrected chi connectivity index (χ2v) is 5.48. The average Bonchev–Trinajstić information content (AvgIpc) is 2.88. The lowest BCUT2D eigenvalue weighted by Crippen LogP contribution is -2.10. The molecule has 9 heteroatoms. The van der Waals surface area contributed by atoms with Crippen LogP contribution in [0, 0.1) is 0 Å². The summed E-state index contributed by atoms with van der Waals surface area (Å²) in [4.78, 5) is 4.38. The van der Waals surface area contributed by atoms with E-state index in [9.17, 15) is 0 Å². The minimum atomic E-state index is 0.0797. The molecular weight excluding hydrogens is 348 g/mol. The molecule has 1 heterocycles. The molecule has 0 amide bonds. The number of rotatable bonds is 12. The van der Waals surface area contributed by atoms with Gasteiger partial charge in [0, 0.05) is 33.4 Å². The number of hydrogen-bond acceptors (Lipinski definition) is 8. The Hall–Kier alpha value is -1.52. The molecule has 0 atom stereocenters. The number of methoxy groups -OCH3 is 2. The number of fused-ring (bicyclic) bond motifs is 1. The molecule has 0 saturated carbocycles. The summed E-state index contributed by atoms with van der Waals surface area (Å²) in [5.74, 6) is 1.06. The first-order valence-corrected chi connectivity index (χ1v) is 8.20. The molecule has 0 unspecified atom stereocenters. The Balaban J connectivity index is 2.07. The van der Waals surface area contributed by atoms with Crippen LogP contribution in [0.5, 0.6) is 11.5 Å². The van der Waals surface area contributed by atoms with Crippen molar-refractivity contribution in [3.63, 3.8) is 0 Å². The summed E-state index contributed by atoms with van der Waals surface area (Å²) in [6, 6.07) is 3.63. The summed E-state index contributed by atoms with van der Waals surface area (Å²) in [5.41, 5.74) is 1.64. The summed E-state index contributed by atoms with van der Waals surface area (Å²) in [6.45, 7) is 2.06. The third kappa shape index (κ3) is 5.75. The number of nitrogens with zero attached hydrogens (tertiary/aromatic N) is 2. The molecule has 0 spiro atoms. The molecule has 0 radical (unpaired) electrons. The number of imidazole rings is 1. The molecule has 0 aliphatic carbocycles. The first-order valence-electron chi connectivity index (χ1n) is 7.75. The van der Waals surface area contributed by atoms with Gasteiger partial charge in [0.25, 0.3) is 0 Å². The highest BCUT2D eigenvalue weighted by Gasteiger charge is 2.13. The van der Waals surface area contributed by atoms with Gasteiger partial charge in [-0.1, -0.05) is 0 Å². The van der Waals surface area contributed by atoms with Crippen LogP contribution in [0.25, 0.3) is 11.0 Å². The predicted molar refractivity (Wildman–Crippen MR) is 94.6 cm³/mol. The maximum absolute atomic E-state index is 5.69. The zero-order valence-electron chi connectivity index (χ0n) is 14.7. The van der Waals surface area contributed by atoms with Crippen molar-refractivity contribution in [2.24, 2.45) is 7.05 Å². The van der Waals surface area contributed by atoms with Gasteiger partial charge in [-0.15, -0.1) is 12.6 Å². The molecule has 0 bridgehead atoms. The van der Waals surface area contributed by atoms with Crippen molar-refractivity contribution < 1.29 is 28.4 Å². The summed E-state index contributed by atoms with van der Waals surface area (Å²) in [6.07, 6.45) is 0. The van der Waals surface area contributed by atoms with Crippen LogP contribution in [0.3, 0.4) is 0 Å². The smallest absolute Gasteiger partial charge is 0.189 e. The fourth-order valence-electron chi connectivity index (χ4n) is 2.03. The topological polar surface area (TPSA) is 73.2 Å². The molecule has 0 fully saturated rings. The maximum Gasteiger partial charge on any atom is 0.189 e. The van der Waals surface area contributed by atoms with Crippen LogP contribution < -0.4 is 9.47 Å². The SMILES string of the molecule is COCCOCOc1cc2nc(S)n(C)c2cc1OCOCCOC. The van der Waals surface area contributed by atoms with E-state index >= 15 is 0 Å². The Morgan fingerprint density at radius 1 is 0.920 bits per heavy atom. The van der Waals surface area contributed by atoms with Crippen molar-refractivity contribution in [2.75, 3.05) is 54.2 Å². The monoisotopic (exact) mass is 372 g/mol. The second-order valence-electron chi connectivity index (χ2n) is 5.08. The fourth-order valence-corrected chi connectivity index (χ4v) is 2.24. The summed E-state index contributed by atoms with van der Waals surface area (Å²) in [7, 11) is 5.11. The molecule has 140 valence electrons. The highest BCUT2D eigenvalue weighted by atomic mass is 32.1. The summed E-state index contributed by atoms with van der Waals surface area (Å²) in [5, 5.41) is 0.603. The number of ether oxygens (including phenoxy) is 6. The number of hydrogen-bond donors (Lipinski definition) is 1. The lowest BCUT2D eigenvalue weighted by Gasteiger charge is -2.13. The van der Waals surface area contributed by atoms with Gasteiger partial charge in [0.05, 0.1) is 37.5 Å². The minimum absolute atomic E-state index is 0.0797. The Kier molecular flexibility index (Phi) is 8.29. The molecule has 1 aromatic heterocycles. The van der Waals surface area contributed by atoms with Crippen LogP contribution in [0.15, 0.2) is 17.3 Å². The standard InChI is InChI=1S/C16H24N2O6S/c1-18-13-9-15(24-11-22-7-5-20-3)14(8-12(13)17-16(18)25)23-10-21-6-4-19-2/h8-9H,4-7,10-11H2,1-3H3,(H,17,25). The van der Waals surface area contributed by atoms with E-state index in [4.69, 9.17) is 28.4 Å². The summed E-state index contributed by atoms with van der Waals surface area (Å²) >= 11 is 4.34. The Labute approximate surface area is 152 Å². The van der Waals surface area contributed by atoms with Crippen LogP contribution in [0.4, 0.5) is 0 Å². The van der Waals surface area contributed by atoms with E-state index in [-0.39, 0.29) is 13.6 Å². The lowest BCUT2D eigenvalue weighted by atomic mass is 10.2. The predicted octanol–water partition coefficient (Wildman–Crippen LogP) is 1.86. The molecule has 0 saturated heterocycles. The van der Waals surface area contributed by atoms with Gasteiger partial charge in [-0.3, -0.25) is 0 Å². The molecule has 8 nitrogen and oxygen atoms in total. The Morgan fingerprint density at radius 2 is 1.48 bits per heavy atom. The van der Waals surface area contributed by atoms with Crippen molar-refractivity contribution in [1.29, 1.82) is 0 Å². The van der Waals surface area contributed by atoms with Gasteiger partial charge in [-0.2, -0.15) is 0 Å². The van der Waals surface area contributed by atoms with Gasteiger partial charge >= 0.3 is 0 Å². The van der Waals surface area contributed by atoms with E-state index in [1.54, 1.807) is 20.3 Å². The van der Waals surface area contributed by atoms with Crippen LogP contribution in [0.2, 0.25) is 0 Å². The Morgan fingerprint density at radius 3 is 2.04 bits per heavy atom. The van der Waals surface area contributed by atoms with Crippen molar-refractivity contribution in [3.8, 4) is 11.5 Å². The van der Waals surface area contributed by atoms with Crippen LogP contribution >= 0.6 is 12.6 Å². The van der Waals surface area contributed by atoms with Gasteiger partial charge in [-0.25, -0.2) is 4.98 Å². The van der Waals surface area contributed by atoms with Gasteiger partial charge in [-0.05, 0) is 0 Å². The molecule has 1 aromatic carbocycles. The maximum atomic E-state index is 5.69. The molecule has 0 aliphatic heterocycles. The highest BCUT2D eigenvalue weighted by molar-refractivity contribution is 7.80. The van der Waals surface area contributed by atoms with Gasteiger partial charge in [0.15, 0.2) is 30.2 Å². The van der Waals surface area contributed by atoms with E-state index in [0.29, 0.717) is 43.1 Å². The second kappa shape index (κ2) is 10.5. The number of aryl methyl sites for hydroxylation is 1. The van der Waals surface area contributed by atoms with E-state index in [0.717, 1.165) is 11.0 Å².